The van der Waals surface area contributed by atoms with Crippen LogP contribution in [0.2, 0.25) is 0 Å². The van der Waals surface area contributed by atoms with E-state index in [1.807, 2.05) is 4.90 Å². The van der Waals surface area contributed by atoms with Gasteiger partial charge in [0.05, 0.1) is 0 Å². The van der Waals surface area contributed by atoms with Crippen molar-refractivity contribution in [2.75, 3.05) is 13.1 Å². The second-order valence-electron chi connectivity index (χ2n) is 5.62. The molecule has 0 N–H and O–H groups in total. The zero-order valence-corrected chi connectivity index (χ0v) is 10.8. The molecule has 0 spiro atoms. The van der Waals surface area contributed by atoms with E-state index in [4.69, 9.17) is 11.6 Å². The normalized spacial score (nSPS) is 20.1. The van der Waals surface area contributed by atoms with Gasteiger partial charge in [0.15, 0.2) is 0 Å². The molecule has 0 aromatic rings. The molecule has 1 atom stereocenters. The molecule has 1 rings (SSSR count). The third kappa shape index (κ3) is 4.42. The molecule has 1 aliphatic heterocycles. The zero-order valence-electron chi connectivity index (χ0n) is 10.1. The van der Waals surface area contributed by atoms with E-state index >= 15 is 0 Å². The number of nitrogens with zero attached hydrogens (tertiary/aromatic N) is 1. The first-order chi connectivity index (χ1) is 6.90. The van der Waals surface area contributed by atoms with Gasteiger partial charge in [-0.15, -0.1) is 11.6 Å². The molecule has 0 aliphatic carbocycles. The molecule has 0 radical (unpaired) electrons. The number of halogens is 1. The van der Waals surface area contributed by atoms with Crippen molar-refractivity contribution in [3.8, 4) is 0 Å². The van der Waals surface area contributed by atoms with Crippen LogP contribution in [-0.2, 0) is 4.79 Å². The molecule has 15 heavy (non-hydrogen) atoms. The van der Waals surface area contributed by atoms with E-state index in [1.165, 1.54) is 6.42 Å². The molecule has 2 nitrogen and oxygen atoms in total. The van der Waals surface area contributed by atoms with E-state index in [1.54, 1.807) is 0 Å². The van der Waals surface area contributed by atoms with Gasteiger partial charge in [-0.1, -0.05) is 20.8 Å². The Morgan fingerprint density at radius 1 is 1.27 bits per heavy atom. The highest BCUT2D eigenvalue weighted by molar-refractivity contribution is 6.30. The maximum Gasteiger partial charge on any atom is 0.240 e. The SMILES string of the molecule is CC(C)(C)CC(Cl)C(=O)N1CCCCC1. The van der Waals surface area contributed by atoms with Crippen molar-refractivity contribution in [3.05, 3.63) is 0 Å². The maximum absolute atomic E-state index is 12.0. The second kappa shape index (κ2) is 5.20. The molecular formula is C12H22ClNO. The fraction of sp³-hybridized carbons (Fsp3) is 0.917. The van der Waals surface area contributed by atoms with E-state index < -0.39 is 0 Å². The number of amides is 1. The Morgan fingerprint density at radius 3 is 2.27 bits per heavy atom. The van der Waals surface area contributed by atoms with Crippen LogP contribution in [0.1, 0.15) is 46.5 Å². The van der Waals surface area contributed by atoms with Crippen LogP contribution in [0, 0.1) is 5.41 Å². The van der Waals surface area contributed by atoms with Crippen LogP contribution in [0.4, 0.5) is 0 Å². The molecule has 88 valence electrons. The third-order valence-electron chi connectivity index (χ3n) is 2.73. The van der Waals surface area contributed by atoms with Crippen LogP contribution in [0.3, 0.4) is 0 Å². The maximum atomic E-state index is 12.0. The first-order valence-corrected chi connectivity index (χ1v) is 6.27. The lowest BCUT2D eigenvalue weighted by Gasteiger charge is -2.30. The summed E-state index contributed by atoms with van der Waals surface area (Å²) in [6.07, 6.45) is 4.26. The Hall–Kier alpha value is -0.240. The monoisotopic (exact) mass is 231 g/mol. The number of carbonyl (C=O) groups is 1. The number of carbonyl (C=O) groups excluding carboxylic acids is 1. The van der Waals surface area contributed by atoms with Gasteiger partial charge in [0.1, 0.15) is 5.38 Å². The Morgan fingerprint density at radius 2 is 1.80 bits per heavy atom. The predicted molar refractivity (Wildman–Crippen MR) is 64.1 cm³/mol. The van der Waals surface area contributed by atoms with E-state index in [-0.39, 0.29) is 16.7 Å². The first-order valence-electron chi connectivity index (χ1n) is 5.83. The van der Waals surface area contributed by atoms with Crippen LogP contribution in [0.15, 0.2) is 0 Å². The van der Waals surface area contributed by atoms with Crippen molar-refractivity contribution in [3.63, 3.8) is 0 Å². The summed E-state index contributed by atoms with van der Waals surface area (Å²) in [5.74, 6) is 0.131. The highest BCUT2D eigenvalue weighted by atomic mass is 35.5. The summed E-state index contributed by atoms with van der Waals surface area (Å²) < 4.78 is 0. The number of hydrogen-bond acceptors (Lipinski definition) is 1. The van der Waals surface area contributed by atoms with Crippen LogP contribution in [0.25, 0.3) is 0 Å². The smallest absolute Gasteiger partial charge is 0.240 e. The summed E-state index contributed by atoms with van der Waals surface area (Å²) in [6.45, 7) is 8.14. The van der Waals surface area contributed by atoms with Crippen molar-refractivity contribution < 1.29 is 4.79 Å². The van der Waals surface area contributed by atoms with E-state index in [9.17, 15) is 4.79 Å². The Bertz CT molecular complexity index is 216. The third-order valence-corrected chi connectivity index (χ3v) is 3.07. The average Bonchev–Trinajstić information content (AvgIpc) is 2.15. The van der Waals surface area contributed by atoms with Crippen molar-refractivity contribution in [1.82, 2.24) is 4.90 Å². The second-order valence-corrected chi connectivity index (χ2v) is 6.15. The number of likely N-dealkylation sites (tertiary alicyclic amines) is 1. The molecule has 0 saturated carbocycles. The molecular weight excluding hydrogens is 210 g/mol. The lowest BCUT2D eigenvalue weighted by atomic mass is 9.90. The summed E-state index contributed by atoms with van der Waals surface area (Å²) >= 11 is 6.16. The first kappa shape index (κ1) is 12.8. The molecule has 0 aromatic carbocycles. The van der Waals surface area contributed by atoms with E-state index in [2.05, 4.69) is 20.8 Å². The van der Waals surface area contributed by atoms with Gasteiger partial charge in [0.25, 0.3) is 0 Å². The zero-order chi connectivity index (χ0) is 11.5. The van der Waals surface area contributed by atoms with Gasteiger partial charge < -0.3 is 4.90 Å². The number of piperidine rings is 1. The summed E-state index contributed by atoms with van der Waals surface area (Å²) in [4.78, 5) is 13.9. The number of alkyl halides is 1. The fourth-order valence-corrected chi connectivity index (χ4v) is 2.54. The van der Waals surface area contributed by atoms with E-state index in [0.717, 1.165) is 32.4 Å². The molecule has 0 bridgehead atoms. The molecule has 3 heteroatoms. The van der Waals surface area contributed by atoms with Crippen LogP contribution < -0.4 is 0 Å². The summed E-state index contributed by atoms with van der Waals surface area (Å²) in [5.41, 5.74) is 0.123. The van der Waals surface area contributed by atoms with Crippen LogP contribution in [0.5, 0.6) is 0 Å². The summed E-state index contributed by atoms with van der Waals surface area (Å²) in [7, 11) is 0. The Kier molecular flexibility index (Phi) is 4.45. The summed E-state index contributed by atoms with van der Waals surface area (Å²) in [5, 5.41) is -0.344. The van der Waals surface area contributed by atoms with Gasteiger partial charge in [-0.2, -0.15) is 0 Å². The minimum atomic E-state index is -0.344. The molecule has 1 saturated heterocycles. The number of hydrogen-bond donors (Lipinski definition) is 0. The van der Waals surface area contributed by atoms with Gasteiger partial charge in [-0.3, -0.25) is 4.79 Å². The molecule has 1 heterocycles. The average molecular weight is 232 g/mol. The van der Waals surface area contributed by atoms with Crippen LogP contribution in [-0.4, -0.2) is 29.3 Å². The Labute approximate surface area is 98.0 Å². The highest BCUT2D eigenvalue weighted by Crippen LogP contribution is 2.25. The standard InChI is InChI=1S/C12H22ClNO/c1-12(2,3)9-10(13)11(15)14-7-5-4-6-8-14/h10H,4-9H2,1-3H3. The van der Waals surface area contributed by atoms with Crippen molar-refractivity contribution >= 4 is 17.5 Å². The molecule has 0 aromatic heterocycles. The highest BCUT2D eigenvalue weighted by Gasteiger charge is 2.27. The largest absolute Gasteiger partial charge is 0.341 e. The topological polar surface area (TPSA) is 20.3 Å². The van der Waals surface area contributed by atoms with Gasteiger partial charge in [-0.05, 0) is 31.1 Å². The molecule has 1 amide bonds. The lowest BCUT2D eigenvalue weighted by molar-refractivity contribution is -0.132. The minimum Gasteiger partial charge on any atom is -0.341 e. The fourth-order valence-electron chi connectivity index (χ4n) is 1.94. The Balaban J connectivity index is 2.44. The molecule has 1 fully saturated rings. The molecule has 1 unspecified atom stereocenters. The minimum absolute atomic E-state index is 0.123. The summed E-state index contributed by atoms with van der Waals surface area (Å²) in [6, 6.07) is 0. The predicted octanol–water partition coefficient (Wildman–Crippen LogP) is 3.04. The number of rotatable bonds is 2. The van der Waals surface area contributed by atoms with Crippen molar-refractivity contribution in [1.29, 1.82) is 0 Å². The van der Waals surface area contributed by atoms with Gasteiger partial charge in [-0.25, -0.2) is 0 Å². The van der Waals surface area contributed by atoms with Crippen LogP contribution >= 0.6 is 11.6 Å². The molecule has 1 aliphatic rings. The van der Waals surface area contributed by atoms with Gasteiger partial charge >= 0.3 is 0 Å². The van der Waals surface area contributed by atoms with Crippen molar-refractivity contribution in [2.24, 2.45) is 5.41 Å². The van der Waals surface area contributed by atoms with Crippen molar-refractivity contribution in [2.45, 2.75) is 51.8 Å². The van der Waals surface area contributed by atoms with E-state index in [0.29, 0.717) is 0 Å². The lowest BCUT2D eigenvalue weighted by Crippen LogP contribution is -2.41. The van der Waals surface area contributed by atoms with Gasteiger partial charge in [0, 0.05) is 13.1 Å². The van der Waals surface area contributed by atoms with Gasteiger partial charge in [0.2, 0.25) is 5.91 Å². The quantitative estimate of drug-likeness (QED) is 0.669.